The number of thioether (sulfide) groups is 1. The average molecular weight is 284 g/mol. The van der Waals surface area contributed by atoms with E-state index in [0.717, 1.165) is 6.42 Å². The maximum absolute atomic E-state index is 11.3. The molecule has 1 aromatic rings. The number of aromatic nitrogens is 2. The Morgan fingerprint density at radius 3 is 2.89 bits per heavy atom. The minimum Gasteiger partial charge on any atom is -0.478 e. The number of rotatable bonds is 4. The molecular weight excluding hydrogens is 268 g/mol. The molecule has 1 aliphatic rings. The van der Waals surface area contributed by atoms with Crippen molar-refractivity contribution in [2.24, 2.45) is 0 Å². The van der Waals surface area contributed by atoms with E-state index in [2.05, 4.69) is 9.97 Å². The summed E-state index contributed by atoms with van der Waals surface area (Å²) in [5.74, 6) is 0.255. The zero-order valence-corrected chi connectivity index (χ0v) is 11.7. The van der Waals surface area contributed by atoms with Crippen molar-refractivity contribution in [2.45, 2.75) is 31.4 Å². The van der Waals surface area contributed by atoms with Gasteiger partial charge in [0.25, 0.3) is 0 Å². The molecule has 1 saturated heterocycles. The van der Waals surface area contributed by atoms with Gasteiger partial charge in [0.15, 0.2) is 0 Å². The van der Waals surface area contributed by atoms with Gasteiger partial charge in [0.2, 0.25) is 0 Å². The van der Waals surface area contributed by atoms with Crippen molar-refractivity contribution < 1.29 is 19.4 Å². The minimum absolute atomic E-state index is 0.0796. The molecule has 2 rings (SSSR count). The number of hydrogen-bond donors (Lipinski definition) is 1. The molecule has 6 nitrogen and oxygen atoms in total. The van der Waals surface area contributed by atoms with Crippen LogP contribution in [-0.2, 0) is 9.47 Å². The lowest BCUT2D eigenvalue weighted by Gasteiger charge is -2.22. The SMILES string of the molecule is Cc1nc(C)c(C(=O)O)c(SCC2CCOCO2)n1. The first-order chi connectivity index (χ1) is 9.08. The van der Waals surface area contributed by atoms with Gasteiger partial charge >= 0.3 is 5.97 Å². The number of hydrogen-bond acceptors (Lipinski definition) is 6. The number of carboxylic acids is 1. The first-order valence-corrected chi connectivity index (χ1v) is 6.97. The van der Waals surface area contributed by atoms with Crippen LogP contribution in [0.15, 0.2) is 5.03 Å². The summed E-state index contributed by atoms with van der Waals surface area (Å²) in [6, 6.07) is 0. The first-order valence-electron chi connectivity index (χ1n) is 5.98. The Hall–Kier alpha value is -1.18. The number of carbonyl (C=O) groups is 1. The fourth-order valence-electron chi connectivity index (χ4n) is 1.84. The topological polar surface area (TPSA) is 81.5 Å². The summed E-state index contributed by atoms with van der Waals surface area (Å²) < 4.78 is 10.5. The summed E-state index contributed by atoms with van der Waals surface area (Å²) in [7, 11) is 0. The molecule has 1 aromatic heterocycles. The van der Waals surface area contributed by atoms with Gasteiger partial charge < -0.3 is 14.6 Å². The van der Waals surface area contributed by atoms with E-state index >= 15 is 0 Å². The Morgan fingerprint density at radius 2 is 2.26 bits per heavy atom. The highest BCUT2D eigenvalue weighted by Crippen LogP contribution is 2.25. The van der Waals surface area contributed by atoms with Crippen molar-refractivity contribution in [2.75, 3.05) is 19.2 Å². The fourth-order valence-corrected chi connectivity index (χ4v) is 3.02. The van der Waals surface area contributed by atoms with Gasteiger partial charge in [-0.15, -0.1) is 11.8 Å². The zero-order valence-electron chi connectivity index (χ0n) is 10.9. The first kappa shape index (κ1) is 14.2. The molecule has 0 spiro atoms. The summed E-state index contributed by atoms with van der Waals surface area (Å²) in [6.07, 6.45) is 0.898. The molecule has 2 heterocycles. The molecule has 0 bridgehead atoms. The van der Waals surface area contributed by atoms with Gasteiger partial charge in [-0.2, -0.15) is 0 Å². The van der Waals surface area contributed by atoms with Crippen LogP contribution in [0.2, 0.25) is 0 Å². The van der Waals surface area contributed by atoms with Crippen LogP contribution in [-0.4, -0.2) is 46.3 Å². The second-order valence-electron chi connectivity index (χ2n) is 4.26. The van der Waals surface area contributed by atoms with Gasteiger partial charge in [0, 0.05) is 5.75 Å². The van der Waals surface area contributed by atoms with Crippen molar-refractivity contribution in [3.05, 3.63) is 17.1 Å². The Labute approximate surface area is 115 Å². The molecule has 0 aromatic carbocycles. The summed E-state index contributed by atoms with van der Waals surface area (Å²) in [5, 5.41) is 9.74. The standard InChI is InChI=1S/C12H16N2O4S/c1-7-10(12(15)16)11(14-8(2)13-7)19-5-9-3-4-17-6-18-9/h9H,3-6H2,1-2H3,(H,15,16). The molecular formula is C12H16N2O4S. The van der Waals surface area contributed by atoms with E-state index in [1.54, 1.807) is 13.8 Å². The Kier molecular flexibility index (Phi) is 4.73. The van der Waals surface area contributed by atoms with Gasteiger partial charge in [-0.3, -0.25) is 0 Å². The van der Waals surface area contributed by atoms with E-state index in [-0.39, 0.29) is 11.7 Å². The van der Waals surface area contributed by atoms with Crippen molar-refractivity contribution in [1.82, 2.24) is 9.97 Å². The predicted octanol–water partition coefficient (Wildman–Crippen LogP) is 1.65. The summed E-state index contributed by atoms with van der Waals surface area (Å²) in [6.45, 7) is 4.43. The minimum atomic E-state index is -0.993. The van der Waals surface area contributed by atoms with Crippen LogP contribution in [0.5, 0.6) is 0 Å². The Balaban J connectivity index is 2.12. The van der Waals surface area contributed by atoms with Gasteiger partial charge in [-0.05, 0) is 20.3 Å². The van der Waals surface area contributed by atoms with Crippen molar-refractivity contribution in [1.29, 1.82) is 0 Å². The maximum Gasteiger partial charge on any atom is 0.340 e. The Morgan fingerprint density at radius 1 is 1.47 bits per heavy atom. The van der Waals surface area contributed by atoms with Gasteiger partial charge in [0.1, 0.15) is 23.2 Å². The van der Waals surface area contributed by atoms with E-state index in [0.29, 0.717) is 35.7 Å². The third-order valence-corrected chi connectivity index (χ3v) is 3.87. The third kappa shape index (κ3) is 3.65. The van der Waals surface area contributed by atoms with E-state index in [4.69, 9.17) is 9.47 Å². The number of carboxylic acid groups (broad SMARTS) is 1. The second-order valence-corrected chi connectivity index (χ2v) is 5.26. The Bertz CT molecular complexity index is 475. The van der Waals surface area contributed by atoms with Crippen molar-refractivity contribution in [3.8, 4) is 0 Å². The molecule has 1 N–H and O–H groups in total. The molecule has 7 heteroatoms. The predicted molar refractivity (Wildman–Crippen MR) is 69.5 cm³/mol. The molecule has 0 amide bonds. The highest BCUT2D eigenvalue weighted by Gasteiger charge is 2.20. The smallest absolute Gasteiger partial charge is 0.340 e. The normalized spacial score (nSPS) is 19.4. The maximum atomic E-state index is 11.3. The highest BCUT2D eigenvalue weighted by molar-refractivity contribution is 7.99. The summed E-state index contributed by atoms with van der Waals surface area (Å²) in [4.78, 5) is 19.6. The van der Waals surface area contributed by atoms with Crippen LogP contribution in [0.1, 0.15) is 28.3 Å². The molecule has 0 radical (unpaired) electrons. The van der Waals surface area contributed by atoms with Gasteiger partial charge in [-0.25, -0.2) is 14.8 Å². The lowest BCUT2D eigenvalue weighted by atomic mass is 10.2. The number of ether oxygens (including phenoxy) is 2. The largest absolute Gasteiger partial charge is 0.478 e. The van der Waals surface area contributed by atoms with E-state index < -0.39 is 5.97 Å². The molecule has 1 aliphatic heterocycles. The van der Waals surface area contributed by atoms with Gasteiger partial charge in [0.05, 0.1) is 18.4 Å². The van der Waals surface area contributed by atoms with E-state index in [1.165, 1.54) is 11.8 Å². The van der Waals surface area contributed by atoms with Crippen LogP contribution < -0.4 is 0 Å². The number of nitrogens with zero attached hydrogens (tertiary/aromatic N) is 2. The van der Waals surface area contributed by atoms with Crippen molar-refractivity contribution >= 4 is 17.7 Å². The molecule has 1 unspecified atom stereocenters. The average Bonchev–Trinajstić information content (AvgIpc) is 2.36. The summed E-state index contributed by atoms with van der Waals surface area (Å²) >= 11 is 1.40. The monoisotopic (exact) mass is 284 g/mol. The lowest BCUT2D eigenvalue weighted by molar-refractivity contribution is -0.130. The van der Waals surface area contributed by atoms with E-state index in [9.17, 15) is 9.90 Å². The molecule has 1 atom stereocenters. The van der Waals surface area contributed by atoms with E-state index in [1.807, 2.05) is 0 Å². The molecule has 19 heavy (non-hydrogen) atoms. The molecule has 0 saturated carbocycles. The molecule has 0 aliphatic carbocycles. The lowest BCUT2D eigenvalue weighted by Crippen LogP contribution is -2.25. The van der Waals surface area contributed by atoms with Crippen molar-refractivity contribution in [3.63, 3.8) is 0 Å². The van der Waals surface area contributed by atoms with Crippen LogP contribution in [0.3, 0.4) is 0 Å². The number of aromatic carboxylic acids is 1. The van der Waals surface area contributed by atoms with Crippen LogP contribution >= 0.6 is 11.8 Å². The van der Waals surface area contributed by atoms with Gasteiger partial charge in [-0.1, -0.05) is 0 Å². The summed E-state index contributed by atoms with van der Waals surface area (Å²) in [5.41, 5.74) is 0.679. The van der Waals surface area contributed by atoms with Crippen LogP contribution in [0.25, 0.3) is 0 Å². The highest BCUT2D eigenvalue weighted by atomic mass is 32.2. The van der Waals surface area contributed by atoms with Crippen LogP contribution in [0, 0.1) is 13.8 Å². The second kappa shape index (κ2) is 6.31. The molecule has 1 fully saturated rings. The fraction of sp³-hybridized carbons (Fsp3) is 0.583. The molecule has 104 valence electrons. The zero-order chi connectivity index (χ0) is 13.8. The quantitative estimate of drug-likeness (QED) is 0.665. The van der Waals surface area contributed by atoms with Crippen LogP contribution in [0.4, 0.5) is 0 Å². The third-order valence-electron chi connectivity index (χ3n) is 2.76. The number of aryl methyl sites for hydroxylation is 2.